The van der Waals surface area contributed by atoms with Gasteiger partial charge in [-0.3, -0.25) is 14.9 Å². The van der Waals surface area contributed by atoms with Gasteiger partial charge in [0.1, 0.15) is 0 Å². The van der Waals surface area contributed by atoms with Crippen LogP contribution in [0, 0.1) is 33.8 Å². The van der Waals surface area contributed by atoms with Crippen LogP contribution in [0.2, 0.25) is 0 Å². The average Bonchev–Trinajstić information content (AvgIpc) is 3.12. The lowest BCUT2D eigenvalue weighted by atomic mass is 10.1. The van der Waals surface area contributed by atoms with Crippen molar-refractivity contribution >= 4 is 21.6 Å². The molecule has 4 rings (SSSR count). The lowest BCUT2D eigenvalue weighted by Gasteiger charge is -2.28. The van der Waals surface area contributed by atoms with E-state index in [-0.39, 0.29) is 42.2 Å². The van der Waals surface area contributed by atoms with E-state index in [1.807, 2.05) is 24.3 Å². The topological polar surface area (TPSA) is 101 Å². The summed E-state index contributed by atoms with van der Waals surface area (Å²) in [6.07, 6.45) is 0.858. The first kappa shape index (κ1) is 21.6. The molecule has 2 aliphatic rings. The smallest absolute Gasteiger partial charge is 0.269 e. The van der Waals surface area contributed by atoms with Crippen molar-refractivity contribution in [2.75, 3.05) is 19.6 Å². The van der Waals surface area contributed by atoms with Gasteiger partial charge in [-0.15, -0.1) is 0 Å². The van der Waals surface area contributed by atoms with Crippen LogP contribution >= 0.6 is 0 Å². The molecule has 0 aromatic heterocycles. The summed E-state index contributed by atoms with van der Waals surface area (Å²) in [5, 5.41) is 10.9. The van der Waals surface area contributed by atoms with Crippen LogP contribution in [-0.2, 0) is 14.8 Å². The molecule has 2 aromatic carbocycles. The molecular formula is C23H19N3O5S. The number of nitrogens with zero attached hydrogens (tertiary/aromatic N) is 3. The number of hydrogen-bond donors (Lipinski definition) is 0. The Morgan fingerprint density at radius 3 is 2.22 bits per heavy atom. The Morgan fingerprint density at radius 2 is 1.59 bits per heavy atom. The zero-order chi connectivity index (χ0) is 22.7. The van der Waals surface area contributed by atoms with E-state index < -0.39 is 14.9 Å². The summed E-state index contributed by atoms with van der Waals surface area (Å²) < 4.78 is 27.9. The summed E-state index contributed by atoms with van der Waals surface area (Å²) >= 11 is 0. The fourth-order valence-electron chi connectivity index (χ4n) is 3.72. The summed E-state index contributed by atoms with van der Waals surface area (Å²) in [4.78, 5) is 24.3. The van der Waals surface area contributed by atoms with Crippen molar-refractivity contribution in [3.8, 4) is 23.7 Å². The monoisotopic (exact) mass is 449 g/mol. The van der Waals surface area contributed by atoms with E-state index in [1.54, 1.807) is 4.90 Å². The number of fused-ring (bicyclic) bond motifs is 2. The van der Waals surface area contributed by atoms with E-state index in [4.69, 9.17) is 0 Å². The van der Waals surface area contributed by atoms with E-state index >= 15 is 0 Å². The number of rotatable bonds is 3. The third-order valence-electron chi connectivity index (χ3n) is 5.43. The quantitative estimate of drug-likeness (QED) is 0.405. The van der Waals surface area contributed by atoms with Gasteiger partial charge < -0.3 is 4.90 Å². The molecule has 8 nitrogen and oxygen atoms in total. The predicted molar refractivity (Wildman–Crippen MR) is 117 cm³/mol. The van der Waals surface area contributed by atoms with Gasteiger partial charge in [0.05, 0.1) is 22.9 Å². The van der Waals surface area contributed by atoms with Crippen LogP contribution in [0.1, 0.15) is 24.0 Å². The predicted octanol–water partition coefficient (Wildman–Crippen LogP) is 1.99. The minimum absolute atomic E-state index is 0.0617. The fraction of sp³-hybridized carbons (Fsp3) is 0.261. The highest BCUT2D eigenvalue weighted by atomic mass is 32.2. The second-order valence-corrected chi connectivity index (χ2v) is 9.35. The number of non-ortho nitro benzene ring substituents is 1. The number of sulfonamides is 1. The van der Waals surface area contributed by atoms with Crippen LogP contribution in [0.4, 0.5) is 5.69 Å². The lowest BCUT2D eigenvalue weighted by molar-refractivity contribution is -0.384. The van der Waals surface area contributed by atoms with Crippen LogP contribution in [0.3, 0.4) is 0 Å². The lowest BCUT2D eigenvalue weighted by Crippen LogP contribution is -2.44. The zero-order valence-electron chi connectivity index (χ0n) is 17.0. The maximum Gasteiger partial charge on any atom is 0.269 e. The maximum atomic E-state index is 13.4. The Morgan fingerprint density at radius 1 is 0.969 bits per heavy atom. The number of hydrogen-bond acceptors (Lipinski definition) is 5. The molecule has 0 spiro atoms. The highest BCUT2D eigenvalue weighted by molar-refractivity contribution is 7.89. The molecule has 2 aromatic rings. The average molecular weight is 449 g/mol. The molecule has 1 saturated heterocycles. The maximum absolute atomic E-state index is 13.4. The van der Waals surface area contributed by atoms with Gasteiger partial charge in [-0.2, -0.15) is 4.31 Å². The second kappa shape index (κ2) is 8.83. The van der Waals surface area contributed by atoms with Crippen molar-refractivity contribution in [3.63, 3.8) is 0 Å². The van der Waals surface area contributed by atoms with Crippen LogP contribution in [-0.4, -0.2) is 54.1 Å². The number of carbonyl (C=O) groups is 1. The van der Waals surface area contributed by atoms with E-state index in [0.717, 1.165) is 12.1 Å². The molecule has 1 amide bonds. The molecule has 2 aliphatic heterocycles. The van der Waals surface area contributed by atoms with Gasteiger partial charge in [0.25, 0.3) is 5.69 Å². The summed E-state index contributed by atoms with van der Waals surface area (Å²) in [7, 11) is -3.99. The van der Waals surface area contributed by atoms with Gasteiger partial charge in [0.15, 0.2) is 0 Å². The minimum Gasteiger partial charge on any atom is -0.327 e. The molecular weight excluding hydrogens is 430 g/mol. The van der Waals surface area contributed by atoms with Crippen LogP contribution < -0.4 is 0 Å². The second-order valence-electron chi connectivity index (χ2n) is 7.41. The van der Waals surface area contributed by atoms with Crippen molar-refractivity contribution < 1.29 is 18.1 Å². The van der Waals surface area contributed by atoms with Gasteiger partial charge in [0.2, 0.25) is 15.9 Å². The number of nitro benzene ring substituents is 1. The molecule has 162 valence electrons. The first-order valence-corrected chi connectivity index (χ1v) is 11.4. The standard InChI is InChI=1S/C23H19N3O5S/c27-23-14-11-21-17-24(32(30,31)22-12-9-20(10-13-22)26(28)29)15-3-7-18-5-1-2-6-19(18)8-4-16-25(21)23/h1-2,5-6,9-10,12-13,21H,11,14-17H2/t21-/m0/s1. The molecule has 0 saturated carbocycles. The molecule has 2 heterocycles. The van der Waals surface area contributed by atoms with Gasteiger partial charge in [-0.1, -0.05) is 35.8 Å². The fourth-order valence-corrected chi connectivity index (χ4v) is 5.10. The largest absolute Gasteiger partial charge is 0.327 e. The Hall–Kier alpha value is -3.66. The van der Waals surface area contributed by atoms with Crippen molar-refractivity contribution in [2.45, 2.75) is 23.8 Å². The van der Waals surface area contributed by atoms with E-state index in [1.165, 1.54) is 16.4 Å². The Labute approximate surface area is 186 Å². The first-order chi connectivity index (χ1) is 15.4. The number of amides is 1. The number of carbonyl (C=O) groups excluding carboxylic acids is 1. The zero-order valence-corrected chi connectivity index (χ0v) is 17.8. The summed E-state index contributed by atoms with van der Waals surface area (Å²) in [6, 6.07) is 11.7. The van der Waals surface area contributed by atoms with Gasteiger partial charge >= 0.3 is 0 Å². The van der Waals surface area contributed by atoms with E-state index in [0.29, 0.717) is 24.0 Å². The molecule has 32 heavy (non-hydrogen) atoms. The van der Waals surface area contributed by atoms with Crippen molar-refractivity contribution in [2.24, 2.45) is 0 Å². The van der Waals surface area contributed by atoms with Gasteiger partial charge in [-0.25, -0.2) is 8.42 Å². The molecule has 1 atom stereocenters. The summed E-state index contributed by atoms with van der Waals surface area (Å²) in [6.45, 7) is 0.194. The van der Waals surface area contributed by atoms with Crippen LogP contribution in [0.15, 0.2) is 53.4 Å². The molecule has 1 fully saturated rings. The third kappa shape index (κ3) is 4.35. The Balaban J connectivity index is 1.73. The molecule has 0 aliphatic carbocycles. The normalized spacial score (nSPS) is 18.7. The third-order valence-corrected chi connectivity index (χ3v) is 7.26. The minimum atomic E-state index is -3.99. The van der Waals surface area contributed by atoms with Gasteiger partial charge in [0, 0.05) is 42.3 Å². The highest BCUT2D eigenvalue weighted by Gasteiger charge is 2.35. The molecule has 0 radical (unpaired) electrons. The van der Waals surface area contributed by atoms with E-state index in [2.05, 4.69) is 23.7 Å². The number of benzene rings is 2. The van der Waals surface area contributed by atoms with Crippen LogP contribution in [0.25, 0.3) is 0 Å². The summed E-state index contributed by atoms with van der Waals surface area (Å²) in [5.41, 5.74) is 1.20. The van der Waals surface area contributed by atoms with Crippen LogP contribution in [0.5, 0.6) is 0 Å². The van der Waals surface area contributed by atoms with Crippen molar-refractivity contribution in [1.82, 2.24) is 9.21 Å². The first-order valence-electron chi connectivity index (χ1n) is 9.97. The van der Waals surface area contributed by atoms with Crippen molar-refractivity contribution in [1.29, 1.82) is 0 Å². The van der Waals surface area contributed by atoms with Crippen molar-refractivity contribution in [3.05, 3.63) is 69.8 Å². The Kier molecular flexibility index (Phi) is 5.95. The molecule has 0 unspecified atom stereocenters. The number of nitro groups is 1. The molecule has 9 heteroatoms. The SMILES string of the molecule is O=C1CC[C@H]2CN(S(=O)(=O)c3ccc([N+](=O)[O-])cc3)CC#Cc3ccccc3C#CCN12. The Bertz CT molecular complexity index is 1300. The van der Waals surface area contributed by atoms with E-state index in [9.17, 15) is 23.3 Å². The summed E-state index contributed by atoms with van der Waals surface area (Å²) in [5.74, 6) is 11.9. The van der Waals surface area contributed by atoms with Gasteiger partial charge in [-0.05, 0) is 30.7 Å². The highest BCUT2D eigenvalue weighted by Crippen LogP contribution is 2.24. The molecule has 0 N–H and O–H groups in total. The molecule has 0 bridgehead atoms.